The largest absolute Gasteiger partial charge is 0.489 e. The second-order valence-corrected chi connectivity index (χ2v) is 6.48. The molecule has 2 N–H and O–H groups in total. The van der Waals surface area contributed by atoms with Gasteiger partial charge in [-0.2, -0.15) is 0 Å². The zero-order chi connectivity index (χ0) is 19.1. The first-order chi connectivity index (χ1) is 12.4. The van der Waals surface area contributed by atoms with E-state index in [1.807, 2.05) is 45.9 Å². The standard InChI is InChI=1S/C21H26N2O3/c1-5-15(4)22-20(24)16-9-8-10-17(13-16)21(25)23-18-11-6-7-12-19(18)26-14(2)3/h6-15H,5H2,1-4H3,(H,22,24)(H,23,25). The number of carbonyl (C=O) groups excluding carboxylic acids is 2. The van der Waals surface area contributed by atoms with Crippen molar-refractivity contribution in [2.75, 3.05) is 5.32 Å². The van der Waals surface area contributed by atoms with Crippen LogP contribution in [0.1, 0.15) is 54.8 Å². The molecule has 138 valence electrons. The van der Waals surface area contributed by atoms with Crippen molar-refractivity contribution < 1.29 is 14.3 Å². The Hall–Kier alpha value is -2.82. The summed E-state index contributed by atoms with van der Waals surface area (Å²) in [4.78, 5) is 24.9. The highest BCUT2D eigenvalue weighted by molar-refractivity contribution is 6.06. The number of carbonyl (C=O) groups is 2. The molecule has 1 unspecified atom stereocenters. The molecule has 0 saturated carbocycles. The second kappa shape index (κ2) is 9.04. The van der Waals surface area contributed by atoms with Gasteiger partial charge in [0.25, 0.3) is 11.8 Å². The van der Waals surface area contributed by atoms with Crippen LogP contribution in [0, 0.1) is 0 Å². The van der Waals surface area contributed by atoms with Gasteiger partial charge in [-0.25, -0.2) is 0 Å². The fourth-order valence-electron chi connectivity index (χ4n) is 2.33. The zero-order valence-corrected chi connectivity index (χ0v) is 15.7. The van der Waals surface area contributed by atoms with Crippen LogP contribution in [-0.2, 0) is 0 Å². The lowest BCUT2D eigenvalue weighted by molar-refractivity contribution is 0.0939. The number of amides is 2. The van der Waals surface area contributed by atoms with E-state index in [-0.39, 0.29) is 24.0 Å². The fourth-order valence-corrected chi connectivity index (χ4v) is 2.33. The SMILES string of the molecule is CCC(C)NC(=O)c1cccc(C(=O)Nc2ccccc2OC(C)C)c1. The molecule has 0 saturated heterocycles. The Bertz CT molecular complexity index is 771. The molecular formula is C21H26N2O3. The van der Waals surface area contributed by atoms with Crippen LogP contribution in [0.4, 0.5) is 5.69 Å². The summed E-state index contributed by atoms with van der Waals surface area (Å²) in [5, 5.41) is 5.76. The number of rotatable bonds is 7. The van der Waals surface area contributed by atoms with Gasteiger partial charge in [0.2, 0.25) is 0 Å². The number of hydrogen-bond acceptors (Lipinski definition) is 3. The van der Waals surface area contributed by atoms with Crippen LogP contribution in [-0.4, -0.2) is 24.0 Å². The summed E-state index contributed by atoms with van der Waals surface area (Å²) in [6, 6.07) is 14.0. The van der Waals surface area contributed by atoms with Crippen molar-refractivity contribution in [2.24, 2.45) is 0 Å². The molecule has 2 aromatic carbocycles. The molecule has 0 fully saturated rings. The van der Waals surface area contributed by atoms with E-state index < -0.39 is 0 Å². The van der Waals surface area contributed by atoms with Crippen LogP contribution >= 0.6 is 0 Å². The van der Waals surface area contributed by atoms with Gasteiger partial charge >= 0.3 is 0 Å². The highest BCUT2D eigenvalue weighted by atomic mass is 16.5. The van der Waals surface area contributed by atoms with E-state index in [1.165, 1.54) is 0 Å². The monoisotopic (exact) mass is 354 g/mol. The number of nitrogens with one attached hydrogen (secondary N) is 2. The number of para-hydroxylation sites is 2. The molecule has 0 aliphatic carbocycles. The molecule has 2 aromatic rings. The zero-order valence-electron chi connectivity index (χ0n) is 15.7. The van der Waals surface area contributed by atoms with E-state index in [0.29, 0.717) is 22.6 Å². The van der Waals surface area contributed by atoms with E-state index in [1.54, 1.807) is 30.3 Å². The predicted molar refractivity (Wildman–Crippen MR) is 104 cm³/mol. The van der Waals surface area contributed by atoms with E-state index in [4.69, 9.17) is 4.74 Å². The van der Waals surface area contributed by atoms with Crippen LogP contribution < -0.4 is 15.4 Å². The van der Waals surface area contributed by atoms with Crippen LogP contribution in [0.15, 0.2) is 48.5 Å². The summed E-state index contributed by atoms with van der Waals surface area (Å²) in [5.41, 5.74) is 1.48. The maximum Gasteiger partial charge on any atom is 0.255 e. The van der Waals surface area contributed by atoms with Crippen molar-refractivity contribution in [2.45, 2.75) is 46.3 Å². The minimum Gasteiger partial charge on any atom is -0.489 e. The maximum absolute atomic E-state index is 12.6. The van der Waals surface area contributed by atoms with Crippen molar-refractivity contribution in [3.8, 4) is 5.75 Å². The normalized spacial score (nSPS) is 11.7. The summed E-state index contributed by atoms with van der Waals surface area (Å²) in [6.45, 7) is 7.81. The Morgan fingerprint density at radius 1 is 0.962 bits per heavy atom. The van der Waals surface area contributed by atoms with E-state index >= 15 is 0 Å². The van der Waals surface area contributed by atoms with E-state index in [0.717, 1.165) is 6.42 Å². The van der Waals surface area contributed by atoms with Crippen molar-refractivity contribution in [3.05, 3.63) is 59.7 Å². The molecule has 0 bridgehead atoms. The number of benzene rings is 2. The molecule has 5 heteroatoms. The van der Waals surface area contributed by atoms with Gasteiger partial charge in [0.05, 0.1) is 11.8 Å². The summed E-state index contributed by atoms with van der Waals surface area (Å²) < 4.78 is 5.72. The smallest absolute Gasteiger partial charge is 0.255 e. The lowest BCUT2D eigenvalue weighted by Crippen LogP contribution is -2.32. The number of hydrogen-bond donors (Lipinski definition) is 2. The number of ether oxygens (including phenoxy) is 1. The lowest BCUT2D eigenvalue weighted by atomic mass is 10.1. The fraction of sp³-hybridized carbons (Fsp3) is 0.333. The second-order valence-electron chi connectivity index (χ2n) is 6.48. The van der Waals surface area contributed by atoms with Crippen LogP contribution in [0.3, 0.4) is 0 Å². The molecule has 26 heavy (non-hydrogen) atoms. The first kappa shape index (κ1) is 19.5. The Kier molecular flexibility index (Phi) is 6.78. The Labute approximate surface area is 154 Å². The van der Waals surface area contributed by atoms with Crippen LogP contribution in [0.5, 0.6) is 5.75 Å². The van der Waals surface area contributed by atoms with Gasteiger partial charge in [0.15, 0.2) is 0 Å². The average Bonchev–Trinajstić information content (AvgIpc) is 2.62. The summed E-state index contributed by atoms with van der Waals surface area (Å²) in [6.07, 6.45) is 0.846. The predicted octanol–water partition coefficient (Wildman–Crippen LogP) is 4.25. The topological polar surface area (TPSA) is 67.4 Å². The van der Waals surface area contributed by atoms with Crippen LogP contribution in [0.2, 0.25) is 0 Å². The Balaban J connectivity index is 2.16. The molecule has 2 rings (SSSR count). The lowest BCUT2D eigenvalue weighted by Gasteiger charge is -2.15. The quantitative estimate of drug-likeness (QED) is 0.781. The Morgan fingerprint density at radius 3 is 2.27 bits per heavy atom. The number of anilines is 1. The van der Waals surface area contributed by atoms with Gasteiger partial charge in [0.1, 0.15) is 5.75 Å². The summed E-state index contributed by atoms with van der Waals surface area (Å²) >= 11 is 0. The molecular weight excluding hydrogens is 328 g/mol. The first-order valence-corrected chi connectivity index (χ1v) is 8.88. The molecule has 5 nitrogen and oxygen atoms in total. The summed E-state index contributed by atoms with van der Waals surface area (Å²) in [7, 11) is 0. The van der Waals surface area contributed by atoms with E-state index in [9.17, 15) is 9.59 Å². The van der Waals surface area contributed by atoms with Gasteiger partial charge in [-0.15, -0.1) is 0 Å². The van der Waals surface area contributed by atoms with Gasteiger partial charge in [-0.05, 0) is 57.5 Å². The molecule has 0 aliphatic heterocycles. The molecule has 0 heterocycles. The van der Waals surface area contributed by atoms with Gasteiger partial charge in [0, 0.05) is 17.2 Å². The van der Waals surface area contributed by atoms with Crippen molar-refractivity contribution in [1.82, 2.24) is 5.32 Å². The van der Waals surface area contributed by atoms with Crippen molar-refractivity contribution >= 4 is 17.5 Å². The highest BCUT2D eigenvalue weighted by Gasteiger charge is 2.14. The van der Waals surface area contributed by atoms with E-state index in [2.05, 4.69) is 10.6 Å². The van der Waals surface area contributed by atoms with Crippen molar-refractivity contribution in [3.63, 3.8) is 0 Å². The minimum atomic E-state index is -0.289. The highest BCUT2D eigenvalue weighted by Crippen LogP contribution is 2.25. The Morgan fingerprint density at radius 2 is 1.62 bits per heavy atom. The maximum atomic E-state index is 12.6. The molecule has 2 amide bonds. The van der Waals surface area contributed by atoms with Crippen molar-refractivity contribution in [1.29, 1.82) is 0 Å². The molecule has 0 aliphatic rings. The van der Waals surface area contributed by atoms with Gasteiger partial charge in [-0.3, -0.25) is 9.59 Å². The summed E-state index contributed by atoms with van der Waals surface area (Å²) in [5.74, 6) is 0.141. The van der Waals surface area contributed by atoms with Gasteiger partial charge in [-0.1, -0.05) is 25.1 Å². The third-order valence-electron chi connectivity index (χ3n) is 3.87. The molecule has 0 aromatic heterocycles. The third-order valence-corrected chi connectivity index (χ3v) is 3.87. The minimum absolute atomic E-state index is 0.000584. The molecule has 1 atom stereocenters. The molecule has 0 spiro atoms. The average molecular weight is 354 g/mol. The molecule has 0 radical (unpaired) electrons. The van der Waals surface area contributed by atoms with Crippen LogP contribution in [0.25, 0.3) is 0 Å². The van der Waals surface area contributed by atoms with Gasteiger partial charge < -0.3 is 15.4 Å². The third kappa shape index (κ3) is 5.34. The first-order valence-electron chi connectivity index (χ1n) is 8.88.